The van der Waals surface area contributed by atoms with E-state index in [1.807, 2.05) is 19.1 Å². The fourth-order valence-electron chi connectivity index (χ4n) is 7.12. The smallest absolute Gasteiger partial charge is 0.190 e. The Morgan fingerprint density at radius 2 is 0.889 bits per heavy atom. The molecule has 0 saturated heterocycles. The van der Waals surface area contributed by atoms with E-state index < -0.39 is 0 Å². The molecule has 1 aliphatic rings. The molecule has 2 heteroatoms. The van der Waals surface area contributed by atoms with Gasteiger partial charge in [-0.15, -0.1) is 0 Å². The highest BCUT2D eigenvalue weighted by Gasteiger charge is 2.30. The van der Waals surface area contributed by atoms with Gasteiger partial charge >= 0.3 is 0 Å². The molecule has 0 atom stereocenters. The van der Waals surface area contributed by atoms with Crippen LogP contribution in [0.3, 0.4) is 0 Å². The Morgan fingerprint density at radius 1 is 0.519 bits per heavy atom. The maximum atomic E-state index is 13.2. The van der Waals surface area contributed by atoms with Crippen LogP contribution in [0.25, 0.3) is 0 Å². The number of Topliss-reactive ketones (excluding diaryl/α,β-unsaturated/α-hetero) is 2. The quantitative estimate of drug-likeness (QED) is 0.0992. The van der Waals surface area contributed by atoms with E-state index >= 15 is 0 Å². The number of benzene rings is 1. The van der Waals surface area contributed by atoms with Crippen LogP contribution in [0, 0.1) is 12.8 Å². The first-order valence-corrected chi connectivity index (χ1v) is 21.2. The van der Waals surface area contributed by atoms with Crippen molar-refractivity contribution in [2.24, 2.45) is 5.92 Å². The predicted molar refractivity (Wildman–Crippen MR) is 238 cm³/mol. The lowest BCUT2D eigenvalue weighted by Gasteiger charge is -2.20. The lowest BCUT2D eigenvalue weighted by atomic mass is 9.81. The molecule has 0 aromatic heterocycles. The number of fused-ring (bicyclic) bond motifs is 1. The van der Waals surface area contributed by atoms with Crippen molar-refractivity contribution in [2.75, 3.05) is 0 Å². The Bertz CT molecular complexity index is 1640. The van der Waals surface area contributed by atoms with Crippen LogP contribution in [0.15, 0.2) is 111 Å². The number of allylic oxidation sites excluding steroid dienone is 16. The van der Waals surface area contributed by atoms with Gasteiger partial charge in [0.25, 0.3) is 0 Å². The average molecular weight is 733 g/mol. The largest absolute Gasteiger partial charge is 0.289 e. The van der Waals surface area contributed by atoms with Gasteiger partial charge in [0.15, 0.2) is 11.6 Å². The Kier molecular flexibility index (Phi) is 22.1. The third-order valence-electron chi connectivity index (χ3n) is 11.0. The molecule has 2 rings (SSSR count). The summed E-state index contributed by atoms with van der Waals surface area (Å²) in [5, 5.41) is 0. The minimum absolute atomic E-state index is 0.000194. The number of ketones is 2. The molecule has 2 nitrogen and oxygen atoms in total. The molecule has 0 saturated carbocycles. The zero-order valence-electron chi connectivity index (χ0n) is 36.5. The Hall–Kier alpha value is -3.52. The van der Waals surface area contributed by atoms with E-state index in [1.54, 1.807) is 18.6 Å². The summed E-state index contributed by atoms with van der Waals surface area (Å²) < 4.78 is 0. The SMILES string of the molecule is CC1=C(C/C=C(\C)CC/C=C(\C)CC/C=C(\C)CC/C=C(\C)CC/C=C(\C)CC/C=C(\C)CC/C=C(\C)CCCC(C)C)C(=O)c2cccc(C)c2C1=O. The van der Waals surface area contributed by atoms with Crippen molar-refractivity contribution in [2.45, 2.75) is 179 Å². The number of hydrogen-bond donors (Lipinski definition) is 0. The second-order valence-electron chi connectivity index (χ2n) is 16.8. The summed E-state index contributed by atoms with van der Waals surface area (Å²) in [4.78, 5) is 26.2. The van der Waals surface area contributed by atoms with Gasteiger partial charge in [-0.3, -0.25) is 9.59 Å². The lowest BCUT2D eigenvalue weighted by molar-refractivity contribution is 0.0972. The van der Waals surface area contributed by atoms with Gasteiger partial charge in [0.1, 0.15) is 0 Å². The average Bonchev–Trinajstić information content (AvgIpc) is 3.10. The van der Waals surface area contributed by atoms with Crippen LogP contribution < -0.4 is 0 Å². The lowest BCUT2D eigenvalue weighted by Crippen LogP contribution is -2.21. The fourth-order valence-corrected chi connectivity index (χ4v) is 7.12. The summed E-state index contributed by atoms with van der Waals surface area (Å²) in [5.74, 6) is 0.807. The van der Waals surface area contributed by atoms with E-state index in [0.717, 1.165) is 69.3 Å². The van der Waals surface area contributed by atoms with Gasteiger partial charge in [0.2, 0.25) is 0 Å². The van der Waals surface area contributed by atoms with Gasteiger partial charge in [-0.2, -0.15) is 0 Å². The van der Waals surface area contributed by atoms with Crippen LogP contribution in [0.5, 0.6) is 0 Å². The van der Waals surface area contributed by atoms with Crippen molar-refractivity contribution in [3.05, 3.63) is 128 Å². The highest BCUT2D eigenvalue weighted by atomic mass is 16.1. The third-order valence-corrected chi connectivity index (χ3v) is 11.0. The number of aryl methyl sites for hydroxylation is 1. The minimum Gasteiger partial charge on any atom is -0.289 e. The normalized spacial score (nSPS) is 15.6. The molecule has 0 aliphatic heterocycles. The molecule has 54 heavy (non-hydrogen) atoms. The van der Waals surface area contributed by atoms with Crippen molar-refractivity contribution < 1.29 is 9.59 Å². The second-order valence-corrected chi connectivity index (χ2v) is 16.8. The van der Waals surface area contributed by atoms with Crippen LogP contribution in [0.2, 0.25) is 0 Å². The van der Waals surface area contributed by atoms with Gasteiger partial charge < -0.3 is 0 Å². The molecular weight excluding hydrogens is 657 g/mol. The minimum atomic E-state index is -0.00602. The van der Waals surface area contributed by atoms with E-state index in [-0.39, 0.29) is 11.6 Å². The first-order valence-electron chi connectivity index (χ1n) is 21.2. The van der Waals surface area contributed by atoms with E-state index in [0.29, 0.717) is 28.7 Å². The van der Waals surface area contributed by atoms with Gasteiger partial charge in [-0.05, 0) is 170 Å². The first kappa shape index (κ1) is 46.6. The van der Waals surface area contributed by atoms with Crippen molar-refractivity contribution in [3.63, 3.8) is 0 Å². The topological polar surface area (TPSA) is 34.1 Å². The van der Waals surface area contributed by atoms with Crippen LogP contribution in [0.4, 0.5) is 0 Å². The summed E-state index contributed by atoms with van der Waals surface area (Å²) in [6, 6.07) is 5.55. The number of carbonyl (C=O) groups is 2. The van der Waals surface area contributed by atoms with E-state index in [1.165, 1.54) is 72.0 Å². The van der Waals surface area contributed by atoms with Gasteiger partial charge in [-0.1, -0.05) is 120 Å². The molecule has 0 heterocycles. The molecule has 0 amide bonds. The van der Waals surface area contributed by atoms with Crippen molar-refractivity contribution in [1.82, 2.24) is 0 Å². The summed E-state index contributed by atoms with van der Waals surface area (Å²) in [7, 11) is 0. The standard InChI is InChI=1S/C52H76O2/c1-38(2)20-12-21-39(3)22-13-23-40(4)24-14-25-41(5)26-15-27-42(6)28-16-29-43(7)30-17-31-44(8)32-18-33-45(9)36-37-48-47(11)51(53)50-46(10)34-19-35-49(50)52(48)54/h19,22,24,26,28,30,32,34-36,38H,12-18,20-21,23,25,27,29,31,33,37H2,1-11H3/b39-22+,40-24+,41-26+,42-28+,43-30+,44-32+,45-36+. The Balaban J connectivity index is 1.63. The molecule has 0 spiro atoms. The third kappa shape index (κ3) is 18.2. The monoisotopic (exact) mass is 733 g/mol. The second kappa shape index (κ2) is 25.5. The Morgan fingerprint density at radius 3 is 1.28 bits per heavy atom. The first-order chi connectivity index (χ1) is 25.7. The van der Waals surface area contributed by atoms with E-state index in [2.05, 4.69) is 105 Å². The molecule has 0 radical (unpaired) electrons. The zero-order chi connectivity index (χ0) is 40.0. The molecule has 1 aromatic rings. The van der Waals surface area contributed by atoms with Gasteiger partial charge in [-0.25, -0.2) is 0 Å². The fraction of sp³-hybridized carbons (Fsp3) is 0.538. The summed E-state index contributed by atoms with van der Waals surface area (Å²) in [6.45, 7) is 24.1. The van der Waals surface area contributed by atoms with Gasteiger partial charge in [0, 0.05) is 22.3 Å². The van der Waals surface area contributed by atoms with E-state index in [9.17, 15) is 9.59 Å². The predicted octanol–water partition coefficient (Wildman–Crippen LogP) is 16.2. The molecule has 296 valence electrons. The summed E-state index contributed by atoms with van der Waals surface area (Å²) in [5.41, 5.74) is 13.5. The molecule has 0 unspecified atom stereocenters. The Labute approximate surface area is 332 Å². The van der Waals surface area contributed by atoms with Crippen LogP contribution in [0.1, 0.15) is 198 Å². The summed E-state index contributed by atoms with van der Waals surface area (Å²) in [6.07, 6.45) is 34.5. The van der Waals surface area contributed by atoms with Crippen LogP contribution in [-0.4, -0.2) is 11.6 Å². The molecule has 1 aromatic carbocycles. The summed E-state index contributed by atoms with van der Waals surface area (Å²) >= 11 is 0. The highest BCUT2D eigenvalue weighted by molar-refractivity contribution is 6.27. The van der Waals surface area contributed by atoms with E-state index in [4.69, 9.17) is 0 Å². The zero-order valence-corrected chi connectivity index (χ0v) is 36.5. The molecule has 0 bridgehead atoms. The van der Waals surface area contributed by atoms with Crippen molar-refractivity contribution in [1.29, 1.82) is 0 Å². The molecule has 1 aliphatic carbocycles. The maximum absolute atomic E-state index is 13.2. The maximum Gasteiger partial charge on any atom is 0.190 e. The molecular formula is C52H76O2. The van der Waals surface area contributed by atoms with Gasteiger partial charge in [0.05, 0.1) is 0 Å². The molecule has 0 fully saturated rings. The van der Waals surface area contributed by atoms with Crippen LogP contribution >= 0.6 is 0 Å². The number of hydrogen-bond acceptors (Lipinski definition) is 2. The molecule has 0 N–H and O–H groups in total. The number of carbonyl (C=O) groups excluding carboxylic acids is 2. The highest BCUT2D eigenvalue weighted by Crippen LogP contribution is 2.30. The van der Waals surface area contributed by atoms with Crippen molar-refractivity contribution in [3.8, 4) is 0 Å². The number of rotatable bonds is 24. The van der Waals surface area contributed by atoms with Crippen LogP contribution in [-0.2, 0) is 0 Å². The van der Waals surface area contributed by atoms with Crippen molar-refractivity contribution >= 4 is 11.6 Å².